The highest BCUT2D eigenvalue weighted by molar-refractivity contribution is 5.78. The molecule has 1 atom stereocenters. The second-order valence-electron chi connectivity index (χ2n) is 9.05. The van der Waals surface area contributed by atoms with Crippen LogP contribution in [0.2, 0.25) is 0 Å². The number of carbonyl (C=O) groups is 1. The van der Waals surface area contributed by atoms with Crippen LogP contribution in [-0.4, -0.2) is 58.5 Å². The molecule has 2 aromatic rings. The summed E-state index contributed by atoms with van der Waals surface area (Å²) in [7, 11) is 2.01. The van der Waals surface area contributed by atoms with E-state index in [1.54, 1.807) is 6.07 Å². The molecule has 6 nitrogen and oxygen atoms in total. The number of hydrogen-bond donors (Lipinski definition) is 0. The van der Waals surface area contributed by atoms with Crippen LogP contribution >= 0.6 is 0 Å². The minimum absolute atomic E-state index is 0.0750. The van der Waals surface area contributed by atoms with Crippen molar-refractivity contribution in [2.45, 2.75) is 57.4 Å². The number of aromatic nitrogens is 2. The molecule has 0 saturated carbocycles. The molecule has 0 spiro atoms. The van der Waals surface area contributed by atoms with Crippen molar-refractivity contribution < 1.29 is 4.79 Å². The number of nitrogens with zero attached hydrogens (tertiary/aromatic N) is 4. The SMILES string of the molecule is CN(CCc1ccccc1)CC(=O)N1CCC[C@@H](c2cc(=O)n3c(n2)CCCCC3)C1. The van der Waals surface area contributed by atoms with Crippen molar-refractivity contribution in [2.24, 2.45) is 0 Å². The predicted octanol–water partition coefficient (Wildman–Crippen LogP) is 2.85. The minimum Gasteiger partial charge on any atom is -0.341 e. The molecule has 0 aliphatic carbocycles. The summed E-state index contributed by atoms with van der Waals surface area (Å²) in [6, 6.07) is 12.1. The van der Waals surface area contributed by atoms with Gasteiger partial charge in [0.05, 0.1) is 12.2 Å². The Hall–Kier alpha value is -2.47. The largest absolute Gasteiger partial charge is 0.341 e. The molecule has 1 fully saturated rings. The zero-order chi connectivity index (χ0) is 21.6. The lowest BCUT2D eigenvalue weighted by molar-refractivity contribution is -0.133. The van der Waals surface area contributed by atoms with Crippen molar-refractivity contribution in [3.05, 3.63) is 63.8 Å². The van der Waals surface area contributed by atoms with Crippen molar-refractivity contribution in [1.29, 1.82) is 0 Å². The molecule has 0 N–H and O–H groups in total. The lowest BCUT2D eigenvalue weighted by Gasteiger charge is -2.33. The van der Waals surface area contributed by atoms with E-state index in [0.29, 0.717) is 13.1 Å². The summed E-state index contributed by atoms with van der Waals surface area (Å²) in [4.78, 5) is 34.6. The van der Waals surface area contributed by atoms with E-state index >= 15 is 0 Å². The van der Waals surface area contributed by atoms with Gasteiger partial charge in [-0.1, -0.05) is 36.8 Å². The maximum absolute atomic E-state index is 12.9. The zero-order valence-corrected chi connectivity index (χ0v) is 18.6. The number of hydrogen-bond acceptors (Lipinski definition) is 4. The minimum atomic E-state index is 0.0750. The second kappa shape index (κ2) is 10.2. The number of carbonyl (C=O) groups excluding carboxylic acids is 1. The van der Waals surface area contributed by atoms with Crippen molar-refractivity contribution in [1.82, 2.24) is 19.4 Å². The summed E-state index contributed by atoms with van der Waals surface area (Å²) in [5.41, 5.74) is 2.25. The highest BCUT2D eigenvalue weighted by Crippen LogP contribution is 2.26. The number of benzene rings is 1. The van der Waals surface area contributed by atoms with Gasteiger partial charge in [0.25, 0.3) is 5.56 Å². The molecule has 4 rings (SSSR count). The summed E-state index contributed by atoms with van der Waals surface area (Å²) in [5, 5.41) is 0. The van der Waals surface area contributed by atoms with E-state index in [2.05, 4.69) is 29.2 Å². The topological polar surface area (TPSA) is 58.4 Å². The van der Waals surface area contributed by atoms with Crippen molar-refractivity contribution in [2.75, 3.05) is 33.2 Å². The van der Waals surface area contributed by atoms with Crippen molar-refractivity contribution in [3.8, 4) is 0 Å². The average Bonchev–Trinajstić information content (AvgIpc) is 3.04. The molecular weight excluding hydrogens is 388 g/mol. The fourth-order valence-electron chi connectivity index (χ4n) is 4.76. The average molecular weight is 423 g/mol. The highest BCUT2D eigenvalue weighted by atomic mass is 16.2. The zero-order valence-electron chi connectivity index (χ0n) is 18.6. The van der Waals surface area contributed by atoms with Gasteiger partial charge >= 0.3 is 0 Å². The number of rotatable bonds is 6. The van der Waals surface area contributed by atoms with Crippen LogP contribution < -0.4 is 5.56 Å². The second-order valence-corrected chi connectivity index (χ2v) is 9.05. The number of amides is 1. The Morgan fingerprint density at radius 1 is 1.13 bits per heavy atom. The molecule has 0 unspecified atom stereocenters. The van der Waals surface area contributed by atoms with Gasteiger partial charge < -0.3 is 4.90 Å². The van der Waals surface area contributed by atoms with Crippen molar-refractivity contribution in [3.63, 3.8) is 0 Å². The molecule has 166 valence electrons. The van der Waals surface area contributed by atoms with Crippen LogP contribution in [0.15, 0.2) is 41.2 Å². The molecular formula is C25H34N4O2. The molecule has 1 amide bonds. The van der Waals surface area contributed by atoms with Crippen LogP contribution in [0, 0.1) is 0 Å². The van der Waals surface area contributed by atoms with Crippen LogP contribution in [0.4, 0.5) is 0 Å². The third-order valence-electron chi connectivity index (χ3n) is 6.61. The fourth-order valence-corrected chi connectivity index (χ4v) is 4.76. The van der Waals surface area contributed by atoms with E-state index in [1.807, 2.05) is 22.6 Å². The van der Waals surface area contributed by atoms with Gasteiger partial charge in [-0.05, 0) is 44.7 Å². The molecule has 6 heteroatoms. The number of likely N-dealkylation sites (N-methyl/N-ethyl adjacent to an activating group) is 1. The first-order chi connectivity index (χ1) is 15.1. The van der Waals surface area contributed by atoms with Crippen LogP contribution in [-0.2, 0) is 24.2 Å². The summed E-state index contributed by atoms with van der Waals surface area (Å²) in [6.45, 7) is 3.54. The van der Waals surface area contributed by atoms with Gasteiger partial charge in [0.15, 0.2) is 0 Å². The van der Waals surface area contributed by atoms with Gasteiger partial charge in [0.1, 0.15) is 5.82 Å². The maximum Gasteiger partial charge on any atom is 0.253 e. The Balaban J connectivity index is 1.36. The van der Waals surface area contributed by atoms with E-state index in [0.717, 1.165) is 76.1 Å². The summed E-state index contributed by atoms with van der Waals surface area (Å²) >= 11 is 0. The fraction of sp³-hybridized carbons (Fsp3) is 0.560. The van der Waals surface area contributed by atoms with E-state index < -0.39 is 0 Å². The first-order valence-corrected chi connectivity index (χ1v) is 11.7. The van der Waals surface area contributed by atoms with Gasteiger partial charge in [-0.2, -0.15) is 0 Å². The Morgan fingerprint density at radius 2 is 1.97 bits per heavy atom. The molecule has 1 aromatic carbocycles. The smallest absolute Gasteiger partial charge is 0.253 e. The lowest BCUT2D eigenvalue weighted by Crippen LogP contribution is -2.44. The van der Waals surface area contributed by atoms with E-state index in [1.165, 1.54) is 5.56 Å². The number of likely N-dealkylation sites (tertiary alicyclic amines) is 1. The number of piperidine rings is 1. The maximum atomic E-state index is 12.9. The number of aryl methyl sites for hydroxylation is 1. The number of fused-ring (bicyclic) bond motifs is 1. The van der Waals surface area contributed by atoms with Crippen LogP contribution in [0.25, 0.3) is 0 Å². The monoisotopic (exact) mass is 422 g/mol. The van der Waals surface area contributed by atoms with E-state index in [-0.39, 0.29) is 17.4 Å². The summed E-state index contributed by atoms with van der Waals surface area (Å²) in [6.07, 6.45) is 7.08. The Bertz CT molecular complexity index is 940. The Kier molecular flexibility index (Phi) is 7.17. The van der Waals surface area contributed by atoms with E-state index in [9.17, 15) is 9.59 Å². The summed E-state index contributed by atoms with van der Waals surface area (Å²) < 4.78 is 1.85. The third-order valence-corrected chi connectivity index (χ3v) is 6.61. The molecule has 1 aromatic heterocycles. The standard InChI is InChI=1S/C25H34N4O2/c1-27(16-13-20-9-4-2-5-10-20)19-25(31)28-14-8-11-21(18-28)22-17-24(30)29-15-7-3-6-12-23(29)26-22/h2,4-5,9-10,17,21H,3,6-8,11-16,18-19H2,1H3/t21-/m1/s1. The molecule has 31 heavy (non-hydrogen) atoms. The third kappa shape index (κ3) is 5.62. The molecule has 0 bridgehead atoms. The van der Waals surface area contributed by atoms with Gasteiger partial charge in [-0.15, -0.1) is 0 Å². The normalized spacial score (nSPS) is 19.2. The van der Waals surface area contributed by atoms with Crippen LogP contribution in [0.5, 0.6) is 0 Å². The molecule has 0 radical (unpaired) electrons. The first-order valence-electron chi connectivity index (χ1n) is 11.7. The highest BCUT2D eigenvalue weighted by Gasteiger charge is 2.27. The van der Waals surface area contributed by atoms with Crippen molar-refractivity contribution >= 4 is 5.91 Å². The van der Waals surface area contributed by atoms with Gasteiger partial charge in [0.2, 0.25) is 5.91 Å². The molecule has 1 saturated heterocycles. The summed E-state index contributed by atoms with van der Waals surface area (Å²) in [5.74, 6) is 1.27. The molecule has 2 aliphatic rings. The van der Waals surface area contributed by atoms with E-state index in [4.69, 9.17) is 4.98 Å². The molecule has 3 heterocycles. The first kappa shape index (κ1) is 21.8. The predicted molar refractivity (Wildman–Crippen MR) is 122 cm³/mol. The van der Waals surface area contributed by atoms with Crippen LogP contribution in [0.1, 0.15) is 55.1 Å². The van der Waals surface area contributed by atoms with Crippen LogP contribution in [0.3, 0.4) is 0 Å². The quantitative estimate of drug-likeness (QED) is 0.718. The van der Waals surface area contributed by atoms with Gasteiger partial charge in [-0.3, -0.25) is 19.1 Å². The van der Waals surface area contributed by atoms with Gasteiger partial charge in [-0.25, -0.2) is 4.98 Å². The lowest BCUT2D eigenvalue weighted by atomic mass is 9.94. The van der Waals surface area contributed by atoms with Gasteiger partial charge in [0, 0.05) is 44.6 Å². The Morgan fingerprint density at radius 3 is 2.81 bits per heavy atom. The Labute approximate surface area is 184 Å². The molecule has 2 aliphatic heterocycles.